The van der Waals surface area contributed by atoms with Crippen LogP contribution in [0.2, 0.25) is 0 Å². The third-order valence-electron chi connectivity index (χ3n) is 6.11. The fourth-order valence-corrected chi connectivity index (χ4v) is 5.84. The summed E-state index contributed by atoms with van der Waals surface area (Å²) >= 11 is 1.62. The zero-order valence-electron chi connectivity index (χ0n) is 16.3. The van der Waals surface area contributed by atoms with E-state index in [4.69, 9.17) is 0 Å². The molecule has 0 bridgehead atoms. The number of thiazole rings is 1. The highest BCUT2D eigenvalue weighted by atomic mass is 35.5. The lowest BCUT2D eigenvalue weighted by atomic mass is 9.89. The first-order valence-electron chi connectivity index (χ1n) is 9.62. The first-order chi connectivity index (χ1) is 13.5. The van der Waals surface area contributed by atoms with Crippen LogP contribution in [0.25, 0.3) is 10.2 Å². The molecule has 1 aromatic heterocycles. The summed E-state index contributed by atoms with van der Waals surface area (Å²) in [5.74, 6) is 0.651. The summed E-state index contributed by atoms with van der Waals surface area (Å²) in [6.45, 7) is 4.40. The van der Waals surface area contributed by atoms with Crippen LogP contribution < -0.4 is 0 Å². The van der Waals surface area contributed by atoms with Crippen LogP contribution >= 0.6 is 23.7 Å². The summed E-state index contributed by atoms with van der Waals surface area (Å²) in [6.07, 6.45) is 0. The van der Waals surface area contributed by atoms with Gasteiger partial charge in [0.25, 0.3) is 5.91 Å². The van der Waals surface area contributed by atoms with E-state index in [0.717, 1.165) is 46.0 Å². The van der Waals surface area contributed by atoms with Gasteiger partial charge in [-0.2, -0.15) is 0 Å². The van der Waals surface area contributed by atoms with Gasteiger partial charge < -0.3 is 4.90 Å². The summed E-state index contributed by atoms with van der Waals surface area (Å²) in [5.41, 5.74) is 2.68. The van der Waals surface area contributed by atoms with Crippen molar-refractivity contribution in [1.82, 2.24) is 14.8 Å². The minimum absolute atomic E-state index is 0. The van der Waals surface area contributed by atoms with Crippen molar-refractivity contribution in [1.29, 1.82) is 0 Å². The van der Waals surface area contributed by atoms with Crippen molar-refractivity contribution in [3.8, 4) is 0 Å². The van der Waals surface area contributed by atoms with E-state index >= 15 is 0 Å². The van der Waals surface area contributed by atoms with E-state index in [1.807, 2.05) is 36.1 Å². The molecule has 0 saturated carbocycles. The van der Waals surface area contributed by atoms with Crippen molar-refractivity contribution in [2.45, 2.75) is 13.0 Å². The first-order valence-corrected chi connectivity index (χ1v) is 10.4. The number of aromatic nitrogens is 1. The van der Waals surface area contributed by atoms with Crippen molar-refractivity contribution in [3.05, 3.63) is 64.4 Å². The highest BCUT2D eigenvalue weighted by molar-refractivity contribution is 7.18. The Labute approximate surface area is 179 Å². The molecular weight excluding hydrogens is 409 g/mol. The topological polar surface area (TPSA) is 36.4 Å². The van der Waals surface area contributed by atoms with Gasteiger partial charge in [0.05, 0.1) is 15.2 Å². The Morgan fingerprint density at radius 2 is 2.00 bits per heavy atom. The third kappa shape index (κ3) is 3.54. The monoisotopic (exact) mass is 431 g/mol. The maximum Gasteiger partial charge on any atom is 0.253 e. The maximum absolute atomic E-state index is 13.8. The number of carbonyl (C=O) groups is 1. The summed E-state index contributed by atoms with van der Waals surface area (Å²) in [5, 5.41) is 1.01. The standard InChI is InChI=1S/C22H22FN3OS.ClH/c1-13-24-19-7-6-15(9-20(19)28-13)22(27)26-11-16-10-25(2)21(18(16)12-26)14-4-3-5-17(23)8-14;/h3-9,16,18,21H,10-12H2,1-2H3;1H/t16-,18+,21-;/m0./s1. The molecule has 0 aliphatic carbocycles. The molecule has 2 fully saturated rings. The van der Waals surface area contributed by atoms with Crippen LogP contribution in [0, 0.1) is 24.6 Å². The van der Waals surface area contributed by atoms with E-state index in [1.165, 1.54) is 6.07 Å². The van der Waals surface area contributed by atoms with Crippen LogP contribution in [0.1, 0.15) is 27.0 Å². The average Bonchev–Trinajstić information content (AvgIpc) is 3.31. The first kappa shape index (κ1) is 20.3. The van der Waals surface area contributed by atoms with Crippen molar-refractivity contribution < 1.29 is 9.18 Å². The number of nitrogens with zero attached hydrogens (tertiary/aromatic N) is 3. The van der Waals surface area contributed by atoms with E-state index in [9.17, 15) is 9.18 Å². The number of amides is 1. The van der Waals surface area contributed by atoms with Gasteiger partial charge in [-0.25, -0.2) is 9.37 Å². The molecule has 3 atom stereocenters. The minimum Gasteiger partial charge on any atom is -0.338 e. The van der Waals surface area contributed by atoms with Gasteiger partial charge in [-0.1, -0.05) is 12.1 Å². The van der Waals surface area contributed by atoms with Gasteiger partial charge in [0, 0.05) is 37.2 Å². The summed E-state index contributed by atoms with van der Waals surface area (Å²) in [7, 11) is 2.10. The van der Waals surface area contributed by atoms with E-state index in [2.05, 4.69) is 16.9 Å². The molecule has 2 saturated heterocycles. The Balaban J connectivity index is 0.00000205. The molecule has 0 spiro atoms. The van der Waals surface area contributed by atoms with Gasteiger partial charge in [-0.3, -0.25) is 9.69 Å². The second kappa shape index (κ2) is 7.67. The molecule has 152 valence electrons. The molecule has 1 amide bonds. The molecule has 0 unspecified atom stereocenters. The molecule has 7 heteroatoms. The Hall–Kier alpha value is -2.02. The van der Waals surface area contributed by atoms with Crippen molar-refractivity contribution in [2.24, 2.45) is 11.8 Å². The lowest BCUT2D eigenvalue weighted by molar-refractivity contribution is 0.0768. The van der Waals surface area contributed by atoms with E-state index in [0.29, 0.717) is 11.8 Å². The summed E-state index contributed by atoms with van der Waals surface area (Å²) < 4.78 is 14.8. The molecule has 2 aliphatic rings. The molecule has 0 N–H and O–H groups in total. The number of benzene rings is 2. The second-order valence-electron chi connectivity index (χ2n) is 7.99. The number of rotatable bonds is 2. The smallest absolute Gasteiger partial charge is 0.253 e. The van der Waals surface area contributed by atoms with Crippen LogP contribution in [0.4, 0.5) is 4.39 Å². The minimum atomic E-state index is -0.201. The third-order valence-corrected chi connectivity index (χ3v) is 7.05. The molecule has 29 heavy (non-hydrogen) atoms. The number of fused-ring (bicyclic) bond motifs is 2. The molecule has 5 rings (SSSR count). The maximum atomic E-state index is 13.8. The Kier molecular flexibility index (Phi) is 5.36. The Morgan fingerprint density at radius 3 is 2.79 bits per heavy atom. The molecule has 0 radical (unpaired) electrons. The van der Waals surface area contributed by atoms with Crippen LogP contribution in [-0.4, -0.2) is 47.4 Å². The molecule has 4 nitrogen and oxygen atoms in total. The summed E-state index contributed by atoms with van der Waals surface area (Å²) in [4.78, 5) is 21.9. The quantitative estimate of drug-likeness (QED) is 0.597. The molecule has 2 aliphatic heterocycles. The zero-order chi connectivity index (χ0) is 19.4. The van der Waals surface area contributed by atoms with Crippen molar-refractivity contribution in [3.63, 3.8) is 0 Å². The highest BCUT2D eigenvalue weighted by Crippen LogP contribution is 2.44. The molecule has 3 aromatic rings. The van der Waals surface area contributed by atoms with Crippen LogP contribution in [-0.2, 0) is 0 Å². The largest absolute Gasteiger partial charge is 0.338 e. The Bertz CT molecular complexity index is 1070. The predicted molar refractivity (Wildman–Crippen MR) is 116 cm³/mol. The molecule has 3 heterocycles. The number of likely N-dealkylation sites (tertiary alicyclic amines) is 2. The van der Waals surface area contributed by atoms with Gasteiger partial charge in [0.2, 0.25) is 0 Å². The van der Waals surface area contributed by atoms with E-state index < -0.39 is 0 Å². The average molecular weight is 432 g/mol. The van der Waals surface area contributed by atoms with Gasteiger partial charge >= 0.3 is 0 Å². The SMILES string of the molecule is Cc1nc2ccc(C(=O)N3C[C@@H]4CN(C)[C@@H](c5cccc(F)c5)[C@@H]4C3)cc2s1.Cl. The second-order valence-corrected chi connectivity index (χ2v) is 9.22. The number of halogens is 2. The van der Waals surface area contributed by atoms with Gasteiger partial charge in [-0.05, 0) is 55.8 Å². The van der Waals surface area contributed by atoms with Gasteiger partial charge in [0.15, 0.2) is 0 Å². The van der Waals surface area contributed by atoms with Crippen molar-refractivity contribution >= 4 is 39.9 Å². The number of carbonyl (C=O) groups excluding carboxylic acids is 1. The van der Waals surface area contributed by atoms with Crippen LogP contribution in [0.5, 0.6) is 0 Å². The predicted octanol–water partition coefficient (Wildman–Crippen LogP) is 4.54. The lowest BCUT2D eigenvalue weighted by Crippen LogP contribution is -2.33. The lowest BCUT2D eigenvalue weighted by Gasteiger charge is -2.27. The van der Waals surface area contributed by atoms with E-state index in [1.54, 1.807) is 23.5 Å². The fourth-order valence-electron chi connectivity index (χ4n) is 4.97. The summed E-state index contributed by atoms with van der Waals surface area (Å²) in [6, 6.07) is 12.8. The number of hydrogen-bond donors (Lipinski definition) is 0. The highest BCUT2D eigenvalue weighted by Gasteiger charge is 2.47. The fraction of sp³-hybridized carbons (Fsp3) is 0.364. The van der Waals surface area contributed by atoms with Gasteiger partial charge in [-0.15, -0.1) is 23.7 Å². The van der Waals surface area contributed by atoms with Crippen molar-refractivity contribution in [2.75, 3.05) is 26.7 Å². The Morgan fingerprint density at radius 1 is 1.17 bits per heavy atom. The van der Waals surface area contributed by atoms with Crippen LogP contribution in [0.15, 0.2) is 42.5 Å². The number of hydrogen-bond acceptors (Lipinski definition) is 4. The van der Waals surface area contributed by atoms with Gasteiger partial charge in [0.1, 0.15) is 5.82 Å². The number of aryl methyl sites for hydroxylation is 1. The zero-order valence-corrected chi connectivity index (χ0v) is 18.0. The molecule has 2 aromatic carbocycles. The van der Waals surface area contributed by atoms with Crippen LogP contribution in [0.3, 0.4) is 0 Å². The molecular formula is C22H23ClFN3OS. The van der Waals surface area contributed by atoms with E-state index in [-0.39, 0.29) is 30.2 Å². The normalized spacial score (nSPS) is 24.0.